The Morgan fingerprint density at radius 1 is 1.29 bits per heavy atom. The second-order valence-electron chi connectivity index (χ2n) is 4.98. The van der Waals surface area contributed by atoms with E-state index in [9.17, 15) is 4.79 Å². The Hall–Kier alpha value is -1.59. The molecule has 0 radical (unpaired) electrons. The summed E-state index contributed by atoms with van der Waals surface area (Å²) in [6.45, 7) is 6.33. The van der Waals surface area contributed by atoms with E-state index in [-0.39, 0.29) is 11.9 Å². The van der Waals surface area contributed by atoms with Crippen molar-refractivity contribution < 1.29 is 14.3 Å². The summed E-state index contributed by atoms with van der Waals surface area (Å²) in [7, 11) is 1.65. The molecule has 21 heavy (non-hydrogen) atoms. The van der Waals surface area contributed by atoms with Gasteiger partial charge in [-0.2, -0.15) is 0 Å². The van der Waals surface area contributed by atoms with E-state index in [1.54, 1.807) is 7.11 Å². The Kier molecular flexibility index (Phi) is 8.47. The first kappa shape index (κ1) is 17.5. The minimum atomic E-state index is -0.228. The fraction of sp³-hybridized carbons (Fsp3) is 0.562. The van der Waals surface area contributed by atoms with Gasteiger partial charge in [0.25, 0.3) is 0 Å². The lowest BCUT2D eigenvalue weighted by molar-refractivity contribution is -0.122. The predicted octanol–water partition coefficient (Wildman–Crippen LogP) is 1.50. The first-order valence-corrected chi connectivity index (χ1v) is 7.33. The fourth-order valence-corrected chi connectivity index (χ4v) is 1.82. The molecule has 0 saturated heterocycles. The van der Waals surface area contributed by atoms with Gasteiger partial charge in [-0.05, 0) is 38.0 Å². The maximum absolute atomic E-state index is 11.8. The highest BCUT2D eigenvalue weighted by atomic mass is 16.5. The average Bonchev–Trinajstić information content (AvgIpc) is 2.47. The molecule has 1 rings (SSSR count). The molecule has 0 fully saturated rings. The van der Waals surface area contributed by atoms with Crippen LogP contribution in [-0.4, -0.2) is 45.4 Å². The largest absolute Gasteiger partial charge is 0.492 e. The number of ether oxygens (including phenoxy) is 2. The van der Waals surface area contributed by atoms with Gasteiger partial charge < -0.3 is 20.1 Å². The number of hydrogen-bond donors (Lipinski definition) is 2. The molecule has 0 aliphatic rings. The molecule has 0 saturated carbocycles. The number of carbonyl (C=O) groups is 1. The van der Waals surface area contributed by atoms with Crippen LogP contribution in [0.3, 0.4) is 0 Å². The Morgan fingerprint density at radius 3 is 2.81 bits per heavy atom. The molecule has 2 N–H and O–H groups in total. The molecule has 5 nitrogen and oxygen atoms in total. The Labute approximate surface area is 127 Å². The van der Waals surface area contributed by atoms with Gasteiger partial charge in [-0.3, -0.25) is 4.79 Å². The number of carbonyl (C=O) groups excluding carboxylic acids is 1. The van der Waals surface area contributed by atoms with Crippen molar-refractivity contribution in [1.82, 2.24) is 10.6 Å². The number of hydrogen-bond acceptors (Lipinski definition) is 4. The molecule has 0 aliphatic heterocycles. The normalized spacial score (nSPS) is 12.0. The molecule has 118 valence electrons. The number of methoxy groups -OCH3 is 1. The van der Waals surface area contributed by atoms with Crippen molar-refractivity contribution in [3.05, 3.63) is 29.8 Å². The van der Waals surface area contributed by atoms with E-state index in [1.165, 1.54) is 5.56 Å². The quantitative estimate of drug-likeness (QED) is 0.642. The third-order valence-corrected chi connectivity index (χ3v) is 3.03. The molecule has 0 spiro atoms. The lowest BCUT2D eigenvalue weighted by Gasteiger charge is -2.14. The van der Waals surface area contributed by atoms with Crippen molar-refractivity contribution in [3.8, 4) is 5.75 Å². The topological polar surface area (TPSA) is 59.6 Å². The fourth-order valence-electron chi connectivity index (χ4n) is 1.82. The summed E-state index contributed by atoms with van der Waals surface area (Å²) in [6.07, 6.45) is 0.825. The lowest BCUT2D eigenvalue weighted by Crippen LogP contribution is -2.43. The van der Waals surface area contributed by atoms with Crippen LogP contribution in [-0.2, 0) is 9.53 Å². The summed E-state index contributed by atoms with van der Waals surface area (Å²) >= 11 is 0. The molecule has 0 heterocycles. The van der Waals surface area contributed by atoms with Crippen molar-refractivity contribution in [1.29, 1.82) is 0 Å². The summed E-state index contributed by atoms with van der Waals surface area (Å²) in [4.78, 5) is 11.8. The zero-order valence-corrected chi connectivity index (χ0v) is 13.1. The monoisotopic (exact) mass is 294 g/mol. The van der Waals surface area contributed by atoms with Gasteiger partial charge in [-0.25, -0.2) is 0 Å². The first-order valence-electron chi connectivity index (χ1n) is 7.33. The standard InChI is InChI=1S/C16H26N2O3/c1-13-6-4-7-15(12-13)21-11-9-17-14(2)16(19)18-8-5-10-20-3/h4,6-7,12,14,17H,5,8-11H2,1-3H3,(H,18,19). The average molecular weight is 294 g/mol. The minimum Gasteiger partial charge on any atom is -0.492 e. The van der Waals surface area contributed by atoms with E-state index in [1.807, 2.05) is 38.1 Å². The minimum absolute atomic E-state index is 0.00154. The van der Waals surface area contributed by atoms with E-state index in [0.717, 1.165) is 12.2 Å². The van der Waals surface area contributed by atoms with Gasteiger partial charge in [-0.15, -0.1) is 0 Å². The summed E-state index contributed by atoms with van der Waals surface area (Å²) in [6, 6.07) is 7.69. The molecular weight excluding hydrogens is 268 g/mol. The lowest BCUT2D eigenvalue weighted by atomic mass is 10.2. The molecule has 1 aromatic rings. The van der Waals surface area contributed by atoms with E-state index in [0.29, 0.717) is 26.3 Å². The van der Waals surface area contributed by atoms with Crippen LogP contribution >= 0.6 is 0 Å². The van der Waals surface area contributed by atoms with Crippen LogP contribution in [0.15, 0.2) is 24.3 Å². The number of aryl methyl sites for hydroxylation is 1. The van der Waals surface area contributed by atoms with E-state index < -0.39 is 0 Å². The zero-order valence-electron chi connectivity index (χ0n) is 13.1. The Morgan fingerprint density at radius 2 is 2.10 bits per heavy atom. The number of rotatable bonds is 10. The van der Waals surface area contributed by atoms with E-state index in [2.05, 4.69) is 10.6 Å². The van der Waals surface area contributed by atoms with Crippen LogP contribution in [0.5, 0.6) is 5.75 Å². The van der Waals surface area contributed by atoms with Crippen LogP contribution in [0.25, 0.3) is 0 Å². The molecule has 0 aliphatic carbocycles. The van der Waals surface area contributed by atoms with Crippen LogP contribution < -0.4 is 15.4 Å². The van der Waals surface area contributed by atoms with Gasteiger partial charge in [0.15, 0.2) is 0 Å². The van der Waals surface area contributed by atoms with Crippen molar-refractivity contribution in [2.75, 3.05) is 33.4 Å². The summed E-state index contributed by atoms with van der Waals surface area (Å²) < 4.78 is 10.5. The molecule has 5 heteroatoms. The van der Waals surface area contributed by atoms with Gasteiger partial charge in [0.05, 0.1) is 6.04 Å². The molecule has 1 unspecified atom stereocenters. The second-order valence-corrected chi connectivity index (χ2v) is 4.98. The second kappa shape index (κ2) is 10.2. The van der Waals surface area contributed by atoms with Crippen LogP contribution in [0, 0.1) is 6.92 Å². The number of amides is 1. The summed E-state index contributed by atoms with van der Waals surface area (Å²) in [5.74, 6) is 0.857. The van der Waals surface area contributed by atoms with Gasteiger partial charge >= 0.3 is 0 Å². The Bertz CT molecular complexity index is 424. The van der Waals surface area contributed by atoms with Crippen molar-refractivity contribution in [2.45, 2.75) is 26.3 Å². The third kappa shape index (κ3) is 7.68. The number of benzene rings is 1. The maximum Gasteiger partial charge on any atom is 0.236 e. The van der Waals surface area contributed by atoms with Crippen LogP contribution in [0.2, 0.25) is 0 Å². The van der Waals surface area contributed by atoms with Crippen molar-refractivity contribution in [2.24, 2.45) is 0 Å². The zero-order chi connectivity index (χ0) is 15.5. The van der Waals surface area contributed by atoms with Gasteiger partial charge in [-0.1, -0.05) is 12.1 Å². The van der Waals surface area contributed by atoms with Crippen molar-refractivity contribution >= 4 is 5.91 Å². The van der Waals surface area contributed by atoms with Gasteiger partial charge in [0.2, 0.25) is 5.91 Å². The molecule has 1 aromatic carbocycles. The predicted molar refractivity (Wildman–Crippen MR) is 83.6 cm³/mol. The van der Waals surface area contributed by atoms with Crippen molar-refractivity contribution in [3.63, 3.8) is 0 Å². The highest BCUT2D eigenvalue weighted by Crippen LogP contribution is 2.11. The highest BCUT2D eigenvalue weighted by molar-refractivity contribution is 5.81. The molecule has 0 aromatic heterocycles. The van der Waals surface area contributed by atoms with E-state index in [4.69, 9.17) is 9.47 Å². The van der Waals surface area contributed by atoms with E-state index >= 15 is 0 Å². The van der Waals surface area contributed by atoms with Gasteiger partial charge in [0, 0.05) is 26.8 Å². The SMILES string of the molecule is COCCCNC(=O)C(C)NCCOc1cccc(C)c1. The first-order chi connectivity index (χ1) is 10.1. The Balaban J connectivity index is 2.12. The summed E-state index contributed by atoms with van der Waals surface area (Å²) in [5.41, 5.74) is 1.17. The third-order valence-electron chi connectivity index (χ3n) is 3.03. The van der Waals surface area contributed by atoms with Crippen LogP contribution in [0.1, 0.15) is 18.9 Å². The van der Waals surface area contributed by atoms with Crippen LogP contribution in [0.4, 0.5) is 0 Å². The molecule has 1 amide bonds. The molecule has 0 bridgehead atoms. The number of nitrogens with one attached hydrogen (secondary N) is 2. The summed E-state index contributed by atoms with van der Waals surface area (Å²) in [5, 5.41) is 6.00. The smallest absolute Gasteiger partial charge is 0.236 e. The highest BCUT2D eigenvalue weighted by Gasteiger charge is 2.10. The maximum atomic E-state index is 11.8. The molecule has 1 atom stereocenters. The van der Waals surface area contributed by atoms with Gasteiger partial charge in [0.1, 0.15) is 12.4 Å². The molecular formula is C16H26N2O3.